The molecule has 2 heterocycles. The number of aliphatic hydroxyl groups is 1. The number of likely N-dealkylation sites (tertiary alicyclic amines) is 1. The summed E-state index contributed by atoms with van der Waals surface area (Å²) in [6.45, 7) is 4.65. The molecule has 0 bridgehead atoms. The number of nitrogens with one attached hydrogen (secondary N) is 2. The third-order valence-electron chi connectivity index (χ3n) is 9.36. The number of aliphatic carboxylic acids is 1. The average Bonchev–Trinajstić information content (AvgIpc) is 3.70. The average molecular weight is 829 g/mol. The summed E-state index contributed by atoms with van der Waals surface area (Å²) in [5.41, 5.74) is 11.9. The van der Waals surface area contributed by atoms with Gasteiger partial charge in [-0.05, 0) is 35.6 Å². The predicted molar refractivity (Wildman–Crippen MR) is 211 cm³/mol. The second-order valence-corrected chi connectivity index (χ2v) is 16.1. The number of thioether (sulfide) groups is 1. The molecule has 16 nitrogen and oxygen atoms in total. The standard InChI is InChI=1S/C39H50F2N8O8S/c1-39(2,3)34(35-46-29(25-17-24(40)9-10-26(25)41)20-47(35)19-23-7-5-4-6-8-23)48(33(53)21-50)15-12-27(42)36(54)45-13-11-31(51)44-14-16-49-32(52)18-30(37(49)55)58-22-28(43)38(56)57/h4-10,17,20,27-28,30,34,50H,11-16,18-19,21-22,42-43H2,1-3H3,(H,44,51)(H,45,54)(H,56,57)/t27-,28-,30?,34-/m0/s1. The lowest BCUT2D eigenvalue weighted by molar-refractivity contribution is -0.140. The Hall–Kier alpha value is -5.24. The van der Waals surface area contributed by atoms with E-state index in [0.717, 1.165) is 40.4 Å². The van der Waals surface area contributed by atoms with E-state index in [1.807, 2.05) is 51.1 Å². The van der Waals surface area contributed by atoms with Crippen molar-refractivity contribution in [3.63, 3.8) is 0 Å². The van der Waals surface area contributed by atoms with Crippen LogP contribution < -0.4 is 22.1 Å². The first kappa shape index (κ1) is 45.5. The number of carboxylic acid groups (broad SMARTS) is 1. The van der Waals surface area contributed by atoms with Crippen molar-refractivity contribution in [3.05, 3.63) is 77.8 Å². The maximum atomic E-state index is 15.0. The fourth-order valence-corrected chi connectivity index (χ4v) is 7.52. The van der Waals surface area contributed by atoms with Crippen molar-refractivity contribution < 1.29 is 47.8 Å². The van der Waals surface area contributed by atoms with E-state index in [1.54, 1.807) is 10.8 Å². The summed E-state index contributed by atoms with van der Waals surface area (Å²) in [7, 11) is 0. The van der Waals surface area contributed by atoms with Crippen LogP contribution in [0.3, 0.4) is 0 Å². The Bertz CT molecular complexity index is 1960. The summed E-state index contributed by atoms with van der Waals surface area (Å²) in [5.74, 6) is -4.96. The van der Waals surface area contributed by atoms with Crippen molar-refractivity contribution in [2.45, 2.75) is 70.0 Å². The van der Waals surface area contributed by atoms with Crippen molar-refractivity contribution in [2.24, 2.45) is 16.9 Å². The summed E-state index contributed by atoms with van der Waals surface area (Å²) >= 11 is 0.990. The van der Waals surface area contributed by atoms with Crippen molar-refractivity contribution >= 4 is 47.3 Å². The van der Waals surface area contributed by atoms with Crippen LogP contribution in [-0.4, -0.2) is 121 Å². The van der Waals surface area contributed by atoms with Gasteiger partial charge in [0.05, 0.1) is 23.0 Å². The van der Waals surface area contributed by atoms with Gasteiger partial charge in [0, 0.05) is 63.1 Å². The molecule has 0 radical (unpaired) electrons. The van der Waals surface area contributed by atoms with Gasteiger partial charge in [0.25, 0.3) is 0 Å². The van der Waals surface area contributed by atoms with Gasteiger partial charge < -0.3 is 41.8 Å². The van der Waals surface area contributed by atoms with Gasteiger partial charge in [0.15, 0.2) is 0 Å². The number of benzene rings is 2. The lowest BCUT2D eigenvalue weighted by atomic mass is 9.84. The van der Waals surface area contributed by atoms with E-state index in [0.29, 0.717) is 5.82 Å². The van der Waals surface area contributed by atoms with Gasteiger partial charge in [-0.15, -0.1) is 11.8 Å². The van der Waals surface area contributed by atoms with E-state index in [4.69, 9.17) is 21.6 Å². The zero-order chi connectivity index (χ0) is 42.7. The van der Waals surface area contributed by atoms with E-state index < -0.39 is 82.5 Å². The normalized spacial score (nSPS) is 15.9. The van der Waals surface area contributed by atoms with Gasteiger partial charge in [-0.3, -0.25) is 33.7 Å². The second kappa shape index (κ2) is 20.4. The van der Waals surface area contributed by atoms with Crippen LogP contribution in [0.5, 0.6) is 0 Å². The van der Waals surface area contributed by atoms with Gasteiger partial charge in [-0.25, -0.2) is 13.8 Å². The summed E-state index contributed by atoms with van der Waals surface area (Å²) in [5, 5.41) is 23.4. The number of carbonyl (C=O) groups is 6. The van der Waals surface area contributed by atoms with E-state index in [2.05, 4.69) is 10.6 Å². The number of halogens is 2. The predicted octanol–water partition coefficient (Wildman–Crippen LogP) is 1.40. The molecule has 1 unspecified atom stereocenters. The number of hydrogen-bond acceptors (Lipinski definition) is 11. The molecule has 1 saturated heterocycles. The highest BCUT2D eigenvalue weighted by molar-refractivity contribution is 8.00. The molecule has 4 rings (SSSR count). The number of nitrogens with two attached hydrogens (primary N) is 2. The van der Waals surface area contributed by atoms with Crippen LogP contribution in [0, 0.1) is 17.0 Å². The summed E-state index contributed by atoms with van der Waals surface area (Å²) in [6.07, 6.45) is 1.28. The topological polar surface area (TPSA) is 243 Å². The number of rotatable bonds is 20. The second-order valence-electron chi connectivity index (χ2n) is 14.9. The van der Waals surface area contributed by atoms with Crippen LogP contribution in [0.25, 0.3) is 11.3 Å². The molecule has 5 amide bonds. The highest BCUT2D eigenvalue weighted by Gasteiger charge is 2.40. The fraction of sp³-hybridized carbons (Fsp3) is 0.462. The SMILES string of the molecule is CC(C)(C)[C@H](c1nc(-c2cc(F)ccc2F)cn1Cc1ccccc1)N(CC[C@H](N)C(=O)NCCC(=O)NCCN1C(=O)CC(SC[C@H](N)C(=O)O)C1=O)C(=O)CO. The van der Waals surface area contributed by atoms with Crippen LogP contribution >= 0.6 is 11.8 Å². The van der Waals surface area contributed by atoms with Crippen molar-refractivity contribution in [3.8, 4) is 11.3 Å². The Kier molecular flexibility index (Phi) is 16.0. The zero-order valence-corrected chi connectivity index (χ0v) is 33.3. The molecule has 3 aromatic rings. The van der Waals surface area contributed by atoms with Gasteiger partial charge >= 0.3 is 5.97 Å². The van der Waals surface area contributed by atoms with E-state index in [1.165, 1.54) is 4.90 Å². The molecule has 1 aromatic heterocycles. The Morgan fingerprint density at radius 1 is 1.03 bits per heavy atom. The molecule has 1 aliphatic heterocycles. The molecular formula is C39H50F2N8O8S. The Balaban J connectivity index is 1.37. The van der Waals surface area contributed by atoms with Crippen molar-refractivity contribution in [1.82, 2.24) is 30.0 Å². The van der Waals surface area contributed by atoms with Crippen molar-refractivity contribution in [2.75, 3.05) is 38.5 Å². The lowest BCUT2D eigenvalue weighted by Crippen LogP contribution is -2.48. The van der Waals surface area contributed by atoms with Crippen molar-refractivity contribution in [1.29, 1.82) is 0 Å². The monoisotopic (exact) mass is 828 g/mol. The first-order chi connectivity index (χ1) is 27.4. The molecule has 0 aliphatic carbocycles. The minimum Gasteiger partial charge on any atom is -0.480 e. The summed E-state index contributed by atoms with van der Waals surface area (Å²) < 4.78 is 31.0. The van der Waals surface area contributed by atoms with E-state index >= 15 is 0 Å². The molecule has 1 aliphatic rings. The Morgan fingerprint density at radius 3 is 2.40 bits per heavy atom. The molecule has 4 atom stereocenters. The van der Waals surface area contributed by atoms with Crippen LogP contribution in [0.1, 0.15) is 57.5 Å². The minimum atomic E-state index is -1.22. The molecule has 0 saturated carbocycles. The van der Waals surface area contributed by atoms with Gasteiger partial charge in [0.1, 0.15) is 30.1 Å². The van der Waals surface area contributed by atoms with E-state index in [9.17, 15) is 42.7 Å². The van der Waals surface area contributed by atoms with Gasteiger partial charge in [0.2, 0.25) is 29.5 Å². The number of imidazole rings is 1. The fourth-order valence-electron chi connectivity index (χ4n) is 6.41. The summed E-state index contributed by atoms with van der Waals surface area (Å²) in [4.78, 5) is 81.9. The highest BCUT2D eigenvalue weighted by atomic mass is 32.2. The number of aromatic nitrogens is 2. The zero-order valence-electron chi connectivity index (χ0n) is 32.5. The quantitative estimate of drug-likeness (QED) is 0.0886. The number of amides is 5. The minimum absolute atomic E-state index is 0.0400. The molecule has 2 aromatic carbocycles. The molecule has 0 spiro atoms. The van der Waals surface area contributed by atoms with Crippen LogP contribution in [-0.2, 0) is 35.3 Å². The molecular weight excluding hydrogens is 779 g/mol. The number of nitrogens with zero attached hydrogens (tertiary/aromatic N) is 4. The summed E-state index contributed by atoms with van der Waals surface area (Å²) in [6, 6.07) is 9.22. The number of hydrogen-bond donors (Lipinski definition) is 6. The first-order valence-corrected chi connectivity index (χ1v) is 19.7. The maximum Gasteiger partial charge on any atom is 0.321 e. The Labute approximate surface area is 338 Å². The largest absolute Gasteiger partial charge is 0.480 e. The molecule has 314 valence electrons. The number of imide groups is 1. The van der Waals surface area contributed by atoms with Crippen LogP contribution in [0.2, 0.25) is 0 Å². The molecule has 8 N–H and O–H groups in total. The number of carbonyl (C=O) groups excluding carboxylic acids is 5. The number of carboxylic acids is 1. The van der Waals surface area contributed by atoms with Crippen LogP contribution in [0.4, 0.5) is 8.78 Å². The lowest BCUT2D eigenvalue weighted by Gasteiger charge is -2.40. The maximum absolute atomic E-state index is 15.0. The van der Waals surface area contributed by atoms with Crippen LogP contribution in [0.15, 0.2) is 54.7 Å². The smallest absolute Gasteiger partial charge is 0.321 e. The van der Waals surface area contributed by atoms with Gasteiger partial charge in [-0.2, -0.15) is 0 Å². The highest BCUT2D eigenvalue weighted by Crippen LogP contribution is 2.39. The molecule has 19 heteroatoms. The van der Waals surface area contributed by atoms with Gasteiger partial charge in [-0.1, -0.05) is 51.1 Å². The third kappa shape index (κ3) is 12.1. The number of aliphatic hydroxyl groups excluding tert-OH is 1. The molecule has 58 heavy (non-hydrogen) atoms. The van der Waals surface area contributed by atoms with E-state index in [-0.39, 0.29) is 69.0 Å². The third-order valence-corrected chi connectivity index (χ3v) is 10.7. The molecule has 1 fully saturated rings. The first-order valence-electron chi connectivity index (χ1n) is 18.6. The Morgan fingerprint density at radius 2 is 1.74 bits per heavy atom.